The first kappa shape index (κ1) is 16.0. The average Bonchev–Trinajstić information content (AvgIpc) is 2.37. The number of piperidine rings is 1. The van der Waals surface area contributed by atoms with Gasteiger partial charge in [-0.3, -0.25) is 4.90 Å². The van der Waals surface area contributed by atoms with Crippen LogP contribution in [0.4, 0.5) is 0 Å². The van der Waals surface area contributed by atoms with Gasteiger partial charge in [0.2, 0.25) is 0 Å². The normalized spacial score (nSPS) is 25.3. The Morgan fingerprint density at radius 1 is 1.11 bits per heavy atom. The third-order valence-electron chi connectivity index (χ3n) is 4.51. The summed E-state index contributed by atoms with van der Waals surface area (Å²) < 4.78 is 0. The van der Waals surface area contributed by atoms with E-state index in [-0.39, 0.29) is 0 Å². The Morgan fingerprint density at radius 3 is 2.44 bits per heavy atom. The van der Waals surface area contributed by atoms with Crippen molar-refractivity contribution in [2.45, 2.75) is 72.4 Å². The molecule has 1 fully saturated rings. The third-order valence-corrected chi connectivity index (χ3v) is 4.51. The van der Waals surface area contributed by atoms with Gasteiger partial charge in [-0.2, -0.15) is 0 Å². The van der Waals surface area contributed by atoms with Crippen LogP contribution in [0.25, 0.3) is 0 Å². The molecule has 3 unspecified atom stereocenters. The van der Waals surface area contributed by atoms with Gasteiger partial charge in [0.25, 0.3) is 0 Å². The topological polar surface area (TPSA) is 15.3 Å². The minimum Gasteiger partial charge on any atom is -0.316 e. The molecule has 0 aliphatic carbocycles. The summed E-state index contributed by atoms with van der Waals surface area (Å²) >= 11 is 0. The van der Waals surface area contributed by atoms with Crippen LogP contribution in [0.3, 0.4) is 0 Å². The quantitative estimate of drug-likeness (QED) is 0.748. The Kier molecular flexibility index (Phi) is 7.25. The Labute approximate surface area is 115 Å². The van der Waals surface area contributed by atoms with Crippen molar-refractivity contribution in [1.82, 2.24) is 10.2 Å². The molecule has 18 heavy (non-hydrogen) atoms. The molecule has 0 spiro atoms. The Bertz CT molecular complexity index is 215. The second kappa shape index (κ2) is 8.16. The molecule has 3 atom stereocenters. The van der Waals surface area contributed by atoms with E-state index >= 15 is 0 Å². The van der Waals surface area contributed by atoms with Crippen molar-refractivity contribution in [3.8, 4) is 0 Å². The zero-order valence-electron chi connectivity index (χ0n) is 13.2. The maximum Gasteiger partial charge on any atom is 0.0108 e. The van der Waals surface area contributed by atoms with Gasteiger partial charge in [-0.25, -0.2) is 0 Å². The molecule has 1 aliphatic heterocycles. The molecule has 2 heteroatoms. The molecule has 1 aliphatic rings. The molecule has 108 valence electrons. The summed E-state index contributed by atoms with van der Waals surface area (Å²) in [5, 5.41) is 3.61. The van der Waals surface area contributed by atoms with Crippen molar-refractivity contribution in [3.05, 3.63) is 0 Å². The monoisotopic (exact) mass is 254 g/mol. The second-order valence-electron chi connectivity index (χ2n) is 6.57. The van der Waals surface area contributed by atoms with Crippen LogP contribution in [0.15, 0.2) is 0 Å². The van der Waals surface area contributed by atoms with Gasteiger partial charge in [-0.15, -0.1) is 0 Å². The van der Waals surface area contributed by atoms with Crippen molar-refractivity contribution in [3.63, 3.8) is 0 Å². The number of rotatable bonds is 7. The highest BCUT2D eigenvalue weighted by Gasteiger charge is 2.27. The van der Waals surface area contributed by atoms with Gasteiger partial charge >= 0.3 is 0 Å². The molecule has 1 heterocycles. The first-order chi connectivity index (χ1) is 8.56. The summed E-state index contributed by atoms with van der Waals surface area (Å²) in [6.45, 7) is 15.3. The minimum atomic E-state index is 0.718. The second-order valence-corrected chi connectivity index (χ2v) is 6.57. The van der Waals surface area contributed by atoms with Crippen LogP contribution in [0.2, 0.25) is 0 Å². The van der Waals surface area contributed by atoms with E-state index in [0.29, 0.717) is 0 Å². The third kappa shape index (κ3) is 4.89. The molecule has 0 amide bonds. The summed E-state index contributed by atoms with van der Waals surface area (Å²) in [6.07, 6.45) is 5.55. The number of likely N-dealkylation sites (tertiary alicyclic amines) is 1. The predicted octanol–water partition coefficient (Wildman–Crippen LogP) is 3.52. The first-order valence-corrected chi connectivity index (χ1v) is 8.02. The van der Waals surface area contributed by atoms with E-state index in [2.05, 4.69) is 44.8 Å². The van der Waals surface area contributed by atoms with Crippen molar-refractivity contribution < 1.29 is 0 Å². The van der Waals surface area contributed by atoms with E-state index in [1.807, 2.05) is 0 Å². The SMILES string of the molecule is CCC1CCCCN1C(C)C(C)CNCC(C)C. The van der Waals surface area contributed by atoms with E-state index < -0.39 is 0 Å². The van der Waals surface area contributed by atoms with Crippen LogP contribution in [-0.4, -0.2) is 36.6 Å². The lowest BCUT2D eigenvalue weighted by Gasteiger charge is -2.42. The van der Waals surface area contributed by atoms with Crippen LogP contribution in [0, 0.1) is 11.8 Å². The largest absolute Gasteiger partial charge is 0.316 e. The zero-order chi connectivity index (χ0) is 13.5. The zero-order valence-corrected chi connectivity index (χ0v) is 13.2. The van der Waals surface area contributed by atoms with Crippen LogP contribution in [-0.2, 0) is 0 Å². The number of nitrogens with one attached hydrogen (secondary N) is 1. The Balaban J connectivity index is 2.38. The van der Waals surface area contributed by atoms with E-state index in [1.165, 1.54) is 32.2 Å². The van der Waals surface area contributed by atoms with Gasteiger partial charge in [0.15, 0.2) is 0 Å². The molecule has 0 radical (unpaired) electrons. The molecule has 0 aromatic heterocycles. The maximum absolute atomic E-state index is 3.61. The van der Waals surface area contributed by atoms with Gasteiger partial charge in [0.05, 0.1) is 0 Å². The smallest absolute Gasteiger partial charge is 0.0108 e. The molecule has 0 saturated carbocycles. The molecule has 0 aromatic carbocycles. The van der Waals surface area contributed by atoms with Crippen molar-refractivity contribution in [2.24, 2.45) is 11.8 Å². The van der Waals surface area contributed by atoms with Crippen molar-refractivity contribution >= 4 is 0 Å². The first-order valence-electron chi connectivity index (χ1n) is 8.02. The lowest BCUT2D eigenvalue weighted by atomic mass is 9.93. The van der Waals surface area contributed by atoms with Gasteiger partial charge in [0.1, 0.15) is 0 Å². The highest BCUT2D eigenvalue weighted by molar-refractivity contribution is 4.83. The van der Waals surface area contributed by atoms with Gasteiger partial charge < -0.3 is 5.32 Å². The molecule has 0 bridgehead atoms. The van der Waals surface area contributed by atoms with Gasteiger partial charge in [-0.1, -0.05) is 34.1 Å². The summed E-state index contributed by atoms with van der Waals surface area (Å²) in [7, 11) is 0. The fourth-order valence-corrected chi connectivity index (χ4v) is 3.09. The predicted molar refractivity (Wildman–Crippen MR) is 81.0 cm³/mol. The summed E-state index contributed by atoms with van der Waals surface area (Å²) in [4.78, 5) is 2.77. The fourth-order valence-electron chi connectivity index (χ4n) is 3.09. The number of hydrogen-bond donors (Lipinski definition) is 1. The summed E-state index contributed by atoms with van der Waals surface area (Å²) in [5.41, 5.74) is 0. The van der Waals surface area contributed by atoms with E-state index in [1.54, 1.807) is 0 Å². The molecular formula is C16H34N2. The highest BCUT2D eigenvalue weighted by atomic mass is 15.2. The summed E-state index contributed by atoms with van der Waals surface area (Å²) in [6, 6.07) is 1.55. The minimum absolute atomic E-state index is 0.718. The van der Waals surface area contributed by atoms with Crippen molar-refractivity contribution in [1.29, 1.82) is 0 Å². The molecule has 1 N–H and O–H groups in total. The van der Waals surface area contributed by atoms with Gasteiger partial charge in [0, 0.05) is 12.1 Å². The Morgan fingerprint density at radius 2 is 1.83 bits per heavy atom. The van der Waals surface area contributed by atoms with Crippen molar-refractivity contribution in [2.75, 3.05) is 19.6 Å². The standard InChI is InChI=1S/C16H34N2/c1-6-16-9-7-8-10-18(16)15(5)14(4)12-17-11-13(2)3/h13-17H,6-12H2,1-5H3. The van der Waals surface area contributed by atoms with Crippen LogP contribution in [0.1, 0.15) is 60.3 Å². The molecule has 2 nitrogen and oxygen atoms in total. The molecule has 0 aromatic rings. The van der Waals surface area contributed by atoms with E-state index in [0.717, 1.165) is 37.0 Å². The van der Waals surface area contributed by atoms with Crippen LogP contribution >= 0.6 is 0 Å². The highest BCUT2D eigenvalue weighted by Crippen LogP contribution is 2.24. The lowest BCUT2D eigenvalue weighted by Crippen LogP contribution is -2.49. The Hall–Kier alpha value is -0.0800. The van der Waals surface area contributed by atoms with Crippen LogP contribution < -0.4 is 5.32 Å². The van der Waals surface area contributed by atoms with E-state index in [4.69, 9.17) is 0 Å². The number of hydrogen-bond acceptors (Lipinski definition) is 2. The van der Waals surface area contributed by atoms with Crippen LogP contribution in [0.5, 0.6) is 0 Å². The van der Waals surface area contributed by atoms with E-state index in [9.17, 15) is 0 Å². The lowest BCUT2D eigenvalue weighted by molar-refractivity contribution is 0.0720. The number of nitrogens with zero attached hydrogens (tertiary/aromatic N) is 1. The molecular weight excluding hydrogens is 220 g/mol. The average molecular weight is 254 g/mol. The summed E-state index contributed by atoms with van der Waals surface area (Å²) in [5.74, 6) is 1.50. The molecule has 1 saturated heterocycles. The van der Waals surface area contributed by atoms with Gasteiger partial charge in [-0.05, 0) is 57.7 Å². The molecule has 1 rings (SSSR count). The maximum atomic E-state index is 3.61. The fraction of sp³-hybridized carbons (Fsp3) is 1.00.